The van der Waals surface area contributed by atoms with Crippen LogP contribution in [0.25, 0.3) is 0 Å². The van der Waals surface area contributed by atoms with Crippen LogP contribution in [-0.4, -0.2) is 71.3 Å². The number of amides is 1. The number of likely N-dealkylation sites (N-methyl/N-ethyl adjacent to an activating group) is 1. The number of rotatable bonds is 11. The first-order valence-corrected chi connectivity index (χ1v) is 12.7. The van der Waals surface area contributed by atoms with Crippen molar-refractivity contribution in [1.82, 2.24) is 15.5 Å². The Kier molecular flexibility index (Phi) is 10.6. The third-order valence-corrected chi connectivity index (χ3v) is 7.14. The van der Waals surface area contributed by atoms with Gasteiger partial charge in [0.15, 0.2) is 9.84 Å². The Morgan fingerprint density at radius 3 is 2.62 bits per heavy atom. The quantitative estimate of drug-likeness (QED) is 0.434. The molecule has 8 nitrogen and oxygen atoms in total. The van der Waals surface area contributed by atoms with E-state index in [0.717, 1.165) is 36.5 Å². The molecule has 1 amide bonds. The summed E-state index contributed by atoms with van der Waals surface area (Å²) in [7, 11) is -0.504. The zero-order valence-electron chi connectivity index (χ0n) is 19.2. The van der Waals surface area contributed by atoms with Crippen LogP contribution < -0.4 is 15.4 Å². The SMILES string of the molecule is COc1ccc(Cl)cc1S(=O)(=O)CNCCC(=O)N(C)CCc1ccc(C2=NCCN2)cc1.Cl. The zero-order valence-corrected chi connectivity index (χ0v) is 21.6. The van der Waals surface area contributed by atoms with E-state index in [0.29, 0.717) is 11.6 Å². The molecule has 0 atom stereocenters. The van der Waals surface area contributed by atoms with Gasteiger partial charge in [0, 0.05) is 43.7 Å². The molecule has 0 saturated carbocycles. The van der Waals surface area contributed by atoms with Crippen molar-refractivity contribution >= 4 is 45.6 Å². The van der Waals surface area contributed by atoms with Crippen LogP contribution in [0.2, 0.25) is 5.02 Å². The Bertz CT molecular complexity index is 1110. The molecule has 0 radical (unpaired) electrons. The van der Waals surface area contributed by atoms with E-state index in [9.17, 15) is 13.2 Å². The van der Waals surface area contributed by atoms with Crippen molar-refractivity contribution in [2.45, 2.75) is 17.7 Å². The molecule has 2 aromatic carbocycles. The van der Waals surface area contributed by atoms with E-state index in [2.05, 4.69) is 15.6 Å². The molecule has 1 aliphatic rings. The molecule has 0 aromatic heterocycles. The Labute approximate surface area is 212 Å². The molecule has 1 heterocycles. The molecule has 186 valence electrons. The molecule has 2 N–H and O–H groups in total. The van der Waals surface area contributed by atoms with Gasteiger partial charge in [-0.2, -0.15) is 0 Å². The van der Waals surface area contributed by atoms with Crippen molar-refractivity contribution < 1.29 is 17.9 Å². The van der Waals surface area contributed by atoms with Gasteiger partial charge in [0.25, 0.3) is 0 Å². The maximum absolute atomic E-state index is 12.6. The average molecular weight is 529 g/mol. The van der Waals surface area contributed by atoms with Gasteiger partial charge in [-0.3, -0.25) is 9.79 Å². The summed E-state index contributed by atoms with van der Waals surface area (Å²) in [5.41, 5.74) is 2.20. The normalized spacial score (nSPS) is 13.0. The van der Waals surface area contributed by atoms with E-state index in [-0.39, 0.29) is 47.8 Å². The number of nitrogens with zero attached hydrogens (tertiary/aromatic N) is 2. The summed E-state index contributed by atoms with van der Waals surface area (Å²) >= 11 is 5.93. The van der Waals surface area contributed by atoms with Crippen molar-refractivity contribution in [2.75, 3.05) is 46.2 Å². The average Bonchev–Trinajstić information content (AvgIpc) is 3.35. The van der Waals surface area contributed by atoms with Crippen LogP contribution in [0.3, 0.4) is 0 Å². The van der Waals surface area contributed by atoms with Crippen molar-refractivity contribution in [2.24, 2.45) is 4.99 Å². The number of halogens is 2. The smallest absolute Gasteiger partial charge is 0.223 e. The second kappa shape index (κ2) is 12.9. The lowest BCUT2D eigenvalue weighted by atomic mass is 10.1. The van der Waals surface area contributed by atoms with E-state index in [1.807, 2.05) is 24.3 Å². The van der Waals surface area contributed by atoms with Gasteiger partial charge in [-0.05, 0) is 30.2 Å². The van der Waals surface area contributed by atoms with Crippen LogP contribution in [0.15, 0.2) is 52.4 Å². The number of amidine groups is 1. The highest BCUT2D eigenvalue weighted by Crippen LogP contribution is 2.27. The number of hydrogen-bond donors (Lipinski definition) is 2. The van der Waals surface area contributed by atoms with E-state index in [1.54, 1.807) is 18.0 Å². The lowest BCUT2D eigenvalue weighted by molar-refractivity contribution is -0.129. The molecule has 0 aliphatic carbocycles. The van der Waals surface area contributed by atoms with Crippen LogP contribution in [0.5, 0.6) is 5.75 Å². The zero-order chi connectivity index (χ0) is 23.8. The van der Waals surface area contributed by atoms with Crippen LogP contribution in [0.1, 0.15) is 17.5 Å². The Morgan fingerprint density at radius 2 is 1.97 bits per heavy atom. The summed E-state index contributed by atoms with van der Waals surface area (Å²) in [5.74, 6) is 0.795. The molecule has 0 spiro atoms. The maximum Gasteiger partial charge on any atom is 0.223 e. The number of carbonyl (C=O) groups excluding carboxylic acids is 1. The van der Waals surface area contributed by atoms with Crippen LogP contribution in [0.4, 0.5) is 0 Å². The maximum atomic E-state index is 12.6. The predicted molar refractivity (Wildman–Crippen MR) is 137 cm³/mol. The number of aliphatic imine (C=N–C) groups is 1. The van der Waals surface area contributed by atoms with Crippen LogP contribution >= 0.6 is 24.0 Å². The van der Waals surface area contributed by atoms with Crippen molar-refractivity contribution in [3.8, 4) is 5.75 Å². The molecule has 0 saturated heterocycles. The lowest BCUT2D eigenvalue weighted by Gasteiger charge is -2.17. The second-order valence-corrected chi connectivity index (χ2v) is 10.1. The van der Waals surface area contributed by atoms with Gasteiger partial charge in [0.05, 0.1) is 13.7 Å². The highest BCUT2D eigenvalue weighted by atomic mass is 35.5. The minimum Gasteiger partial charge on any atom is -0.495 e. The third-order valence-electron chi connectivity index (χ3n) is 5.33. The minimum atomic E-state index is -3.66. The molecular weight excluding hydrogens is 499 g/mol. The first kappa shape index (κ1) is 27.9. The summed E-state index contributed by atoms with van der Waals surface area (Å²) in [6.45, 7) is 2.50. The number of hydrogen-bond acceptors (Lipinski definition) is 7. The van der Waals surface area contributed by atoms with Crippen molar-refractivity contribution in [3.05, 3.63) is 58.6 Å². The fourth-order valence-electron chi connectivity index (χ4n) is 3.41. The molecular formula is C23H30Cl2N4O4S. The van der Waals surface area contributed by atoms with Gasteiger partial charge in [-0.25, -0.2) is 8.42 Å². The number of methoxy groups -OCH3 is 1. The second-order valence-electron chi connectivity index (χ2n) is 7.72. The van der Waals surface area contributed by atoms with Gasteiger partial charge in [0.1, 0.15) is 22.4 Å². The Morgan fingerprint density at radius 1 is 1.24 bits per heavy atom. The van der Waals surface area contributed by atoms with E-state index in [4.69, 9.17) is 16.3 Å². The van der Waals surface area contributed by atoms with E-state index in [1.165, 1.54) is 19.2 Å². The van der Waals surface area contributed by atoms with Crippen molar-refractivity contribution in [1.29, 1.82) is 0 Å². The van der Waals surface area contributed by atoms with Crippen LogP contribution in [0, 0.1) is 0 Å². The molecule has 0 unspecified atom stereocenters. The topological polar surface area (TPSA) is 100 Å². The van der Waals surface area contributed by atoms with Gasteiger partial charge < -0.3 is 20.3 Å². The molecule has 0 fully saturated rings. The fraction of sp³-hybridized carbons (Fsp3) is 0.391. The Hall–Kier alpha value is -2.33. The molecule has 3 rings (SSSR count). The number of nitrogens with one attached hydrogen (secondary N) is 2. The summed E-state index contributed by atoms with van der Waals surface area (Å²) < 4.78 is 30.3. The fourth-order valence-corrected chi connectivity index (χ4v) is 4.98. The van der Waals surface area contributed by atoms with E-state index < -0.39 is 9.84 Å². The molecule has 34 heavy (non-hydrogen) atoms. The summed E-state index contributed by atoms with van der Waals surface area (Å²) in [6.07, 6.45) is 0.932. The number of ether oxygens (including phenoxy) is 1. The molecule has 1 aliphatic heterocycles. The van der Waals surface area contributed by atoms with Gasteiger partial charge in [-0.15, -0.1) is 12.4 Å². The van der Waals surface area contributed by atoms with Gasteiger partial charge in [-0.1, -0.05) is 35.9 Å². The molecule has 2 aromatic rings. The van der Waals surface area contributed by atoms with Crippen LogP contribution in [-0.2, 0) is 21.1 Å². The number of carbonyl (C=O) groups is 1. The van der Waals surface area contributed by atoms with Crippen molar-refractivity contribution in [3.63, 3.8) is 0 Å². The Balaban J connectivity index is 0.00000408. The highest BCUT2D eigenvalue weighted by Gasteiger charge is 2.20. The highest BCUT2D eigenvalue weighted by molar-refractivity contribution is 7.91. The lowest BCUT2D eigenvalue weighted by Crippen LogP contribution is -2.33. The monoisotopic (exact) mass is 528 g/mol. The summed E-state index contributed by atoms with van der Waals surface area (Å²) in [5, 5.41) is 6.40. The van der Waals surface area contributed by atoms with Gasteiger partial charge >= 0.3 is 0 Å². The predicted octanol–water partition coefficient (Wildman–Crippen LogP) is 2.53. The largest absolute Gasteiger partial charge is 0.495 e. The standard InChI is InChI=1S/C23H29ClN4O4S.ClH/c1-28(14-10-17-3-5-18(6-4-17)23-26-12-13-27-23)22(29)9-11-25-16-33(30,31)21-15-19(24)7-8-20(21)32-2;/h3-8,15,25H,9-14,16H2,1-2H3,(H,26,27);1H. The first-order chi connectivity index (χ1) is 15.8. The first-order valence-electron chi connectivity index (χ1n) is 10.7. The third kappa shape index (κ3) is 7.59. The molecule has 0 bridgehead atoms. The summed E-state index contributed by atoms with van der Waals surface area (Å²) in [6, 6.07) is 12.6. The number of sulfone groups is 1. The van der Waals surface area contributed by atoms with Gasteiger partial charge in [0.2, 0.25) is 5.91 Å². The summed E-state index contributed by atoms with van der Waals surface area (Å²) in [4.78, 5) is 18.5. The number of benzene rings is 2. The molecule has 11 heteroatoms. The minimum absolute atomic E-state index is 0. The van der Waals surface area contributed by atoms with E-state index >= 15 is 0 Å².